The van der Waals surface area contributed by atoms with Gasteiger partial charge in [-0.15, -0.1) is 0 Å². The lowest BCUT2D eigenvalue weighted by atomic mass is 9.82. The molecule has 2 aliphatic rings. The highest BCUT2D eigenvalue weighted by atomic mass is 16.5. The fraction of sp³-hybridized carbons (Fsp3) is 0.444. The van der Waals surface area contributed by atoms with Crippen molar-refractivity contribution in [3.05, 3.63) is 47.5 Å². The lowest BCUT2D eigenvalue weighted by molar-refractivity contribution is -0.146. The Morgan fingerprint density at radius 3 is 2.35 bits per heavy atom. The Morgan fingerprint density at radius 2 is 1.78 bits per heavy atom. The molecule has 2 heterocycles. The van der Waals surface area contributed by atoms with E-state index >= 15 is 0 Å². The molecule has 0 unspecified atom stereocenters. The van der Waals surface area contributed by atoms with Gasteiger partial charge in [-0.25, -0.2) is 0 Å². The van der Waals surface area contributed by atoms with Crippen LogP contribution in [0.5, 0.6) is 0 Å². The van der Waals surface area contributed by atoms with Gasteiger partial charge in [-0.3, -0.25) is 9.59 Å². The van der Waals surface area contributed by atoms with Crippen molar-refractivity contribution in [2.45, 2.75) is 38.5 Å². The van der Waals surface area contributed by atoms with Crippen molar-refractivity contribution in [1.29, 1.82) is 0 Å². The van der Waals surface area contributed by atoms with Crippen LogP contribution in [-0.4, -0.2) is 29.2 Å². The van der Waals surface area contributed by atoms with Crippen LogP contribution >= 0.6 is 0 Å². The average Bonchev–Trinajstić information content (AvgIpc) is 3.14. The molecule has 5 atom stereocenters. The van der Waals surface area contributed by atoms with Gasteiger partial charge in [0, 0.05) is 0 Å². The minimum Gasteiger partial charge on any atom is -0.481 e. The first-order valence-electron chi connectivity index (χ1n) is 7.94. The third kappa shape index (κ3) is 2.88. The highest BCUT2D eigenvalue weighted by Gasteiger charge is 2.53. The van der Waals surface area contributed by atoms with E-state index in [-0.39, 0.29) is 11.9 Å². The minimum atomic E-state index is -0.981. The Labute approximate surface area is 135 Å². The molecule has 2 aliphatic heterocycles. The minimum absolute atomic E-state index is 0.124. The van der Waals surface area contributed by atoms with Gasteiger partial charge in [-0.05, 0) is 18.9 Å². The number of hydrogen-bond donors (Lipinski definition) is 2. The fourth-order valence-corrected chi connectivity index (χ4v) is 3.40. The van der Waals surface area contributed by atoms with E-state index in [4.69, 9.17) is 4.74 Å². The summed E-state index contributed by atoms with van der Waals surface area (Å²) in [6, 6.07) is 7.88. The molecule has 0 spiro atoms. The lowest BCUT2D eigenvalue weighted by Crippen LogP contribution is -2.43. The Balaban J connectivity index is 1.76. The van der Waals surface area contributed by atoms with Crippen LogP contribution in [0, 0.1) is 18.8 Å². The highest BCUT2D eigenvalue weighted by Crippen LogP contribution is 2.39. The second-order valence-corrected chi connectivity index (χ2v) is 6.22. The summed E-state index contributed by atoms with van der Waals surface area (Å²) < 4.78 is 5.56. The summed E-state index contributed by atoms with van der Waals surface area (Å²) in [5.74, 6) is -2.70. The number of carboxylic acids is 1. The zero-order valence-corrected chi connectivity index (χ0v) is 13.2. The number of carbonyl (C=O) groups excluding carboxylic acids is 1. The summed E-state index contributed by atoms with van der Waals surface area (Å²) in [6.07, 6.45) is 3.35. The summed E-state index contributed by atoms with van der Waals surface area (Å²) >= 11 is 0. The van der Waals surface area contributed by atoms with Gasteiger partial charge in [0.15, 0.2) is 0 Å². The predicted molar refractivity (Wildman–Crippen MR) is 84.8 cm³/mol. The Kier molecular flexibility index (Phi) is 4.22. The molecule has 23 heavy (non-hydrogen) atoms. The first-order valence-corrected chi connectivity index (χ1v) is 7.94. The molecule has 2 N–H and O–H groups in total. The van der Waals surface area contributed by atoms with E-state index in [9.17, 15) is 14.7 Å². The van der Waals surface area contributed by atoms with E-state index < -0.39 is 30.0 Å². The van der Waals surface area contributed by atoms with Gasteiger partial charge in [0.05, 0.1) is 24.2 Å². The summed E-state index contributed by atoms with van der Waals surface area (Å²) in [5.41, 5.74) is 2.19. The quantitative estimate of drug-likeness (QED) is 0.817. The first-order chi connectivity index (χ1) is 11.0. The van der Waals surface area contributed by atoms with Gasteiger partial charge in [0.2, 0.25) is 5.91 Å². The molecule has 2 bridgehead atoms. The molecule has 0 aromatic heterocycles. The highest BCUT2D eigenvalue weighted by molar-refractivity contribution is 5.87. The molecule has 0 saturated carbocycles. The van der Waals surface area contributed by atoms with Gasteiger partial charge in [0.1, 0.15) is 5.92 Å². The fourth-order valence-electron chi connectivity index (χ4n) is 3.40. The van der Waals surface area contributed by atoms with E-state index in [0.717, 1.165) is 17.5 Å². The van der Waals surface area contributed by atoms with Gasteiger partial charge in [-0.1, -0.05) is 48.9 Å². The number of ether oxygens (including phenoxy) is 1. The van der Waals surface area contributed by atoms with Crippen molar-refractivity contribution in [2.75, 3.05) is 0 Å². The third-order valence-electron chi connectivity index (χ3n) is 4.69. The molecule has 0 radical (unpaired) electrons. The van der Waals surface area contributed by atoms with Crippen LogP contribution in [0.1, 0.15) is 30.5 Å². The van der Waals surface area contributed by atoms with Crippen LogP contribution in [0.2, 0.25) is 0 Å². The Hall–Kier alpha value is -2.14. The zero-order chi connectivity index (χ0) is 16.6. The maximum absolute atomic E-state index is 12.7. The summed E-state index contributed by atoms with van der Waals surface area (Å²) in [5, 5.41) is 12.4. The van der Waals surface area contributed by atoms with Crippen LogP contribution in [0.3, 0.4) is 0 Å². The second kappa shape index (κ2) is 6.16. The standard InChI is InChI=1S/C18H21NO4/c1-3-12(11-6-4-10(2)5-7-11)19-17(20)15-13-8-9-14(23-13)16(15)18(21)22/h4-9,12-16H,3H2,1-2H3,(H,19,20)(H,21,22)/t12-,13+,14+,15-,16+/m0/s1. The SMILES string of the molecule is CC[C@H](NC(=O)[C@@H]1[C@H](C(=O)O)[C@H]2C=C[C@H]1O2)c1ccc(C)cc1. The number of nitrogens with one attached hydrogen (secondary N) is 1. The summed E-state index contributed by atoms with van der Waals surface area (Å²) in [4.78, 5) is 24.1. The predicted octanol–water partition coefficient (Wildman–Crippen LogP) is 2.22. The summed E-state index contributed by atoms with van der Waals surface area (Å²) in [6.45, 7) is 4.01. The smallest absolute Gasteiger partial charge is 0.310 e. The number of carboxylic acid groups (broad SMARTS) is 1. The van der Waals surface area contributed by atoms with Gasteiger partial charge in [-0.2, -0.15) is 0 Å². The van der Waals surface area contributed by atoms with E-state index in [1.807, 2.05) is 38.1 Å². The van der Waals surface area contributed by atoms with Crippen molar-refractivity contribution < 1.29 is 19.4 Å². The van der Waals surface area contributed by atoms with Gasteiger partial charge >= 0.3 is 5.97 Å². The monoisotopic (exact) mass is 315 g/mol. The number of carbonyl (C=O) groups is 2. The maximum atomic E-state index is 12.7. The Bertz CT molecular complexity index is 637. The van der Waals surface area contributed by atoms with Crippen LogP contribution in [0.15, 0.2) is 36.4 Å². The van der Waals surface area contributed by atoms with E-state index in [1.165, 1.54) is 0 Å². The number of hydrogen-bond acceptors (Lipinski definition) is 3. The van der Waals surface area contributed by atoms with Crippen molar-refractivity contribution in [1.82, 2.24) is 5.32 Å². The molecule has 3 rings (SSSR count). The molecule has 122 valence electrons. The van der Waals surface area contributed by atoms with Gasteiger partial charge < -0.3 is 15.2 Å². The maximum Gasteiger partial charge on any atom is 0.310 e. The normalized spacial score (nSPS) is 29.5. The molecule has 5 heteroatoms. The molecule has 5 nitrogen and oxygen atoms in total. The van der Waals surface area contributed by atoms with Crippen LogP contribution < -0.4 is 5.32 Å². The molecular weight excluding hydrogens is 294 g/mol. The van der Waals surface area contributed by atoms with Crippen molar-refractivity contribution in [2.24, 2.45) is 11.8 Å². The van der Waals surface area contributed by atoms with Crippen molar-refractivity contribution >= 4 is 11.9 Å². The number of benzene rings is 1. The second-order valence-electron chi connectivity index (χ2n) is 6.22. The summed E-state index contributed by atoms with van der Waals surface area (Å²) in [7, 11) is 0. The molecule has 1 fully saturated rings. The lowest BCUT2D eigenvalue weighted by Gasteiger charge is -2.25. The molecule has 1 aromatic rings. The first kappa shape index (κ1) is 15.7. The third-order valence-corrected chi connectivity index (χ3v) is 4.69. The van der Waals surface area contributed by atoms with Crippen LogP contribution in [-0.2, 0) is 14.3 Å². The molecule has 1 saturated heterocycles. The Morgan fingerprint density at radius 1 is 1.17 bits per heavy atom. The van der Waals surface area contributed by atoms with Crippen molar-refractivity contribution in [3.63, 3.8) is 0 Å². The number of amides is 1. The number of fused-ring (bicyclic) bond motifs is 2. The average molecular weight is 315 g/mol. The van der Waals surface area contributed by atoms with Crippen molar-refractivity contribution in [3.8, 4) is 0 Å². The van der Waals surface area contributed by atoms with Gasteiger partial charge in [0.25, 0.3) is 0 Å². The molecule has 0 aliphatic carbocycles. The van der Waals surface area contributed by atoms with Crippen LogP contribution in [0.4, 0.5) is 0 Å². The van der Waals surface area contributed by atoms with E-state index in [2.05, 4.69) is 5.32 Å². The number of aryl methyl sites for hydroxylation is 1. The number of rotatable bonds is 5. The molecular formula is C18H21NO4. The molecule has 1 aromatic carbocycles. The molecule has 1 amide bonds. The number of aliphatic carboxylic acids is 1. The van der Waals surface area contributed by atoms with E-state index in [0.29, 0.717) is 0 Å². The zero-order valence-electron chi connectivity index (χ0n) is 13.2. The largest absolute Gasteiger partial charge is 0.481 e. The van der Waals surface area contributed by atoms with Crippen LogP contribution in [0.25, 0.3) is 0 Å². The van der Waals surface area contributed by atoms with E-state index in [1.54, 1.807) is 12.2 Å². The topological polar surface area (TPSA) is 75.6 Å².